The maximum atomic E-state index is 12.9. The molecule has 1 aromatic rings. The third-order valence-electron chi connectivity index (χ3n) is 5.16. The van der Waals surface area contributed by atoms with Crippen LogP contribution in [0.15, 0.2) is 24.3 Å². The minimum absolute atomic E-state index is 0.0220. The highest BCUT2D eigenvalue weighted by atomic mass is 32.2. The molecule has 0 bridgehead atoms. The Morgan fingerprint density at radius 1 is 0.923 bits per heavy atom. The fraction of sp³-hybridized carbons (Fsp3) is 0.556. The summed E-state index contributed by atoms with van der Waals surface area (Å²) >= 11 is 0. The molecule has 2 amide bonds. The van der Waals surface area contributed by atoms with Crippen LogP contribution in [-0.4, -0.2) is 37.8 Å². The van der Waals surface area contributed by atoms with Gasteiger partial charge in [-0.2, -0.15) is 0 Å². The first kappa shape index (κ1) is 18.8. The van der Waals surface area contributed by atoms with Gasteiger partial charge < -0.3 is 10.6 Å². The monoisotopic (exact) mass is 382 g/mol. The van der Waals surface area contributed by atoms with Crippen LogP contribution in [0.5, 0.6) is 0 Å². The number of carbonyl (C=O) groups is 2. The minimum Gasteiger partial charge on any atom is -0.352 e. The van der Waals surface area contributed by atoms with Crippen LogP contribution in [0.2, 0.25) is 0 Å². The highest BCUT2D eigenvalue weighted by Gasteiger charge is 2.33. The molecule has 1 saturated carbocycles. The second kappa shape index (κ2) is 7.73. The highest BCUT2D eigenvalue weighted by molar-refractivity contribution is 7.91. The standard InChI is InChI=1S/C18H23FN2O4S/c19-14-5-7-15(8-6-14)20-17(22)12-1-3-13(4-2-12)18(23)21-16-9-10-26(24,25)11-16/h5-8,12-13,16H,1-4,9-11H2,(H,20,22)(H,21,23). The van der Waals surface area contributed by atoms with Crippen molar-refractivity contribution in [2.45, 2.75) is 38.1 Å². The van der Waals surface area contributed by atoms with Crippen molar-refractivity contribution in [2.75, 3.05) is 16.8 Å². The number of benzene rings is 1. The summed E-state index contributed by atoms with van der Waals surface area (Å²) in [6.45, 7) is 0. The van der Waals surface area contributed by atoms with Crippen LogP contribution in [0, 0.1) is 17.7 Å². The van der Waals surface area contributed by atoms with Crippen LogP contribution in [0.25, 0.3) is 0 Å². The van der Waals surface area contributed by atoms with E-state index in [4.69, 9.17) is 0 Å². The van der Waals surface area contributed by atoms with Gasteiger partial charge in [0.2, 0.25) is 11.8 Å². The fourth-order valence-corrected chi connectivity index (χ4v) is 5.30. The summed E-state index contributed by atoms with van der Waals surface area (Å²) in [6.07, 6.45) is 2.89. The zero-order valence-electron chi connectivity index (χ0n) is 14.4. The van der Waals surface area contributed by atoms with E-state index in [1.165, 1.54) is 24.3 Å². The number of carbonyl (C=O) groups excluding carboxylic acids is 2. The Kier molecular flexibility index (Phi) is 5.60. The highest BCUT2D eigenvalue weighted by Crippen LogP contribution is 2.30. The molecular formula is C18H23FN2O4S. The topological polar surface area (TPSA) is 92.3 Å². The van der Waals surface area contributed by atoms with Crippen LogP contribution in [-0.2, 0) is 19.4 Å². The van der Waals surface area contributed by atoms with Gasteiger partial charge in [-0.1, -0.05) is 0 Å². The first-order chi connectivity index (χ1) is 12.3. The van der Waals surface area contributed by atoms with Gasteiger partial charge in [0, 0.05) is 23.6 Å². The summed E-state index contributed by atoms with van der Waals surface area (Å²) in [5.41, 5.74) is 0.554. The number of amides is 2. The number of rotatable bonds is 4. The first-order valence-electron chi connectivity index (χ1n) is 8.89. The molecule has 1 aliphatic heterocycles. The summed E-state index contributed by atoms with van der Waals surface area (Å²) in [6, 6.07) is 5.33. The third kappa shape index (κ3) is 4.81. The van der Waals surface area contributed by atoms with Gasteiger partial charge in [-0.3, -0.25) is 9.59 Å². The van der Waals surface area contributed by atoms with Crippen molar-refractivity contribution in [3.05, 3.63) is 30.1 Å². The van der Waals surface area contributed by atoms with Crippen LogP contribution in [0.1, 0.15) is 32.1 Å². The molecule has 1 saturated heterocycles. The first-order valence-corrected chi connectivity index (χ1v) is 10.7. The number of halogens is 1. The third-order valence-corrected chi connectivity index (χ3v) is 6.93. The molecule has 0 aromatic heterocycles. The number of nitrogens with one attached hydrogen (secondary N) is 2. The summed E-state index contributed by atoms with van der Waals surface area (Å²) in [4.78, 5) is 24.6. The van der Waals surface area contributed by atoms with Crippen molar-refractivity contribution in [3.63, 3.8) is 0 Å². The lowest BCUT2D eigenvalue weighted by molar-refractivity contribution is -0.129. The zero-order chi connectivity index (χ0) is 18.7. The van der Waals surface area contributed by atoms with Crippen LogP contribution in [0.4, 0.5) is 10.1 Å². The second-order valence-electron chi connectivity index (χ2n) is 7.15. The van der Waals surface area contributed by atoms with Gasteiger partial charge in [-0.15, -0.1) is 0 Å². The Morgan fingerprint density at radius 2 is 1.50 bits per heavy atom. The summed E-state index contributed by atoms with van der Waals surface area (Å²) in [5.74, 6) is -0.766. The molecule has 26 heavy (non-hydrogen) atoms. The number of sulfone groups is 1. The number of anilines is 1. The van der Waals surface area contributed by atoms with Crippen molar-refractivity contribution >= 4 is 27.3 Å². The molecule has 1 aliphatic carbocycles. The molecule has 3 rings (SSSR count). The van der Waals surface area contributed by atoms with Gasteiger partial charge in [-0.25, -0.2) is 12.8 Å². The van der Waals surface area contributed by atoms with Gasteiger partial charge in [0.1, 0.15) is 5.82 Å². The minimum atomic E-state index is -3.02. The van der Waals surface area contributed by atoms with Crippen molar-refractivity contribution in [3.8, 4) is 0 Å². The van der Waals surface area contributed by atoms with Crippen molar-refractivity contribution in [1.82, 2.24) is 5.32 Å². The summed E-state index contributed by atoms with van der Waals surface area (Å²) in [5, 5.41) is 5.62. The van der Waals surface area contributed by atoms with E-state index in [1.54, 1.807) is 0 Å². The van der Waals surface area contributed by atoms with E-state index in [1.807, 2.05) is 0 Å². The Morgan fingerprint density at radius 3 is 2.04 bits per heavy atom. The lowest BCUT2D eigenvalue weighted by Gasteiger charge is -2.27. The average molecular weight is 382 g/mol. The second-order valence-corrected chi connectivity index (χ2v) is 9.38. The van der Waals surface area contributed by atoms with Crippen molar-refractivity contribution in [2.24, 2.45) is 11.8 Å². The van der Waals surface area contributed by atoms with E-state index < -0.39 is 9.84 Å². The molecule has 6 nitrogen and oxygen atoms in total. The fourth-order valence-electron chi connectivity index (χ4n) is 3.62. The molecule has 1 atom stereocenters. The van der Waals surface area contributed by atoms with E-state index in [2.05, 4.69) is 10.6 Å². The van der Waals surface area contributed by atoms with E-state index in [9.17, 15) is 22.4 Å². The Balaban J connectivity index is 1.45. The Hall–Kier alpha value is -1.96. The van der Waals surface area contributed by atoms with Gasteiger partial charge in [0.05, 0.1) is 11.5 Å². The molecule has 2 aliphatic rings. The lowest BCUT2D eigenvalue weighted by atomic mass is 9.81. The molecule has 142 valence electrons. The maximum Gasteiger partial charge on any atom is 0.227 e. The van der Waals surface area contributed by atoms with Crippen LogP contribution >= 0.6 is 0 Å². The van der Waals surface area contributed by atoms with Crippen LogP contribution in [0.3, 0.4) is 0 Å². The summed E-state index contributed by atoms with van der Waals surface area (Å²) in [7, 11) is -3.02. The Bertz CT molecular complexity index is 771. The summed E-state index contributed by atoms with van der Waals surface area (Å²) < 4.78 is 35.8. The predicted octanol–water partition coefficient (Wildman–Crippen LogP) is 1.87. The van der Waals surface area contributed by atoms with Gasteiger partial charge in [0.25, 0.3) is 0 Å². The SMILES string of the molecule is O=C(Nc1ccc(F)cc1)C1CCC(C(=O)NC2CCS(=O)(=O)C2)CC1. The van der Waals surface area contributed by atoms with Gasteiger partial charge in [-0.05, 0) is 56.4 Å². The molecule has 1 heterocycles. The molecule has 2 N–H and O–H groups in total. The molecule has 1 aromatic carbocycles. The number of hydrogen-bond donors (Lipinski definition) is 2. The van der Waals surface area contributed by atoms with E-state index in [0.717, 1.165) is 0 Å². The normalized spacial score (nSPS) is 27.7. The maximum absolute atomic E-state index is 12.9. The van der Waals surface area contributed by atoms with Crippen LogP contribution < -0.4 is 10.6 Å². The predicted molar refractivity (Wildman–Crippen MR) is 95.7 cm³/mol. The molecule has 2 fully saturated rings. The number of hydrogen-bond acceptors (Lipinski definition) is 4. The molecule has 0 radical (unpaired) electrons. The average Bonchev–Trinajstić information content (AvgIpc) is 2.95. The van der Waals surface area contributed by atoms with Gasteiger partial charge >= 0.3 is 0 Å². The molecule has 8 heteroatoms. The van der Waals surface area contributed by atoms with Gasteiger partial charge in [0.15, 0.2) is 9.84 Å². The largest absolute Gasteiger partial charge is 0.352 e. The van der Waals surface area contributed by atoms with Crippen molar-refractivity contribution in [1.29, 1.82) is 0 Å². The van der Waals surface area contributed by atoms with E-state index in [-0.39, 0.29) is 47.0 Å². The van der Waals surface area contributed by atoms with E-state index in [0.29, 0.717) is 37.8 Å². The lowest BCUT2D eigenvalue weighted by Crippen LogP contribution is -2.41. The smallest absolute Gasteiger partial charge is 0.227 e. The Labute approximate surface area is 152 Å². The zero-order valence-corrected chi connectivity index (χ0v) is 15.2. The quantitative estimate of drug-likeness (QED) is 0.832. The van der Waals surface area contributed by atoms with Crippen molar-refractivity contribution < 1.29 is 22.4 Å². The molecule has 0 spiro atoms. The molecular weight excluding hydrogens is 359 g/mol. The molecule has 1 unspecified atom stereocenters. The van der Waals surface area contributed by atoms with E-state index >= 15 is 0 Å².